The summed E-state index contributed by atoms with van der Waals surface area (Å²) in [5, 5.41) is 3.08. The standard InChI is InChI=1S/C20H26N2O.ClH/c1-2-3-12-18(15-21)22-20(23)19-13-8-7-11-17(19)14-16-9-5-4-6-10-16;/h4-11,13,18H,2-3,12,14-15,21H2,1H3,(H,22,23);1H. The Morgan fingerprint density at radius 2 is 1.75 bits per heavy atom. The molecule has 4 heteroatoms. The third kappa shape index (κ3) is 5.99. The third-order valence-electron chi connectivity index (χ3n) is 4.03. The van der Waals surface area contributed by atoms with Gasteiger partial charge in [-0.25, -0.2) is 0 Å². The molecule has 2 rings (SSSR count). The Morgan fingerprint density at radius 3 is 2.42 bits per heavy atom. The van der Waals surface area contributed by atoms with Crippen molar-refractivity contribution in [3.8, 4) is 0 Å². The predicted octanol–water partition coefficient (Wildman–Crippen LogP) is 3.95. The van der Waals surface area contributed by atoms with Crippen LogP contribution in [-0.2, 0) is 6.42 Å². The van der Waals surface area contributed by atoms with Crippen molar-refractivity contribution >= 4 is 18.3 Å². The zero-order valence-corrected chi connectivity index (χ0v) is 15.0. The fraction of sp³-hybridized carbons (Fsp3) is 0.350. The lowest BCUT2D eigenvalue weighted by atomic mass is 9.99. The zero-order valence-electron chi connectivity index (χ0n) is 14.2. The molecule has 2 aromatic carbocycles. The lowest BCUT2D eigenvalue weighted by Gasteiger charge is -2.18. The Balaban J connectivity index is 0.00000288. The monoisotopic (exact) mass is 346 g/mol. The van der Waals surface area contributed by atoms with Gasteiger partial charge >= 0.3 is 0 Å². The normalized spacial score (nSPS) is 11.4. The molecule has 0 bridgehead atoms. The van der Waals surface area contributed by atoms with Crippen LogP contribution >= 0.6 is 12.4 Å². The van der Waals surface area contributed by atoms with E-state index < -0.39 is 0 Å². The fourth-order valence-corrected chi connectivity index (χ4v) is 2.67. The van der Waals surface area contributed by atoms with Gasteiger partial charge in [-0.15, -0.1) is 12.4 Å². The summed E-state index contributed by atoms with van der Waals surface area (Å²) < 4.78 is 0. The molecular formula is C20H27ClN2O. The molecule has 2 aromatic rings. The number of carbonyl (C=O) groups is 1. The highest BCUT2D eigenvalue weighted by molar-refractivity contribution is 5.96. The molecule has 0 aliphatic carbocycles. The minimum absolute atomic E-state index is 0. The summed E-state index contributed by atoms with van der Waals surface area (Å²) >= 11 is 0. The van der Waals surface area contributed by atoms with Gasteiger partial charge in [0.15, 0.2) is 0 Å². The van der Waals surface area contributed by atoms with Crippen LogP contribution in [0.15, 0.2) is 54.6 Å². The molecule has 1 amide bonds. The topological polar surface area (TPSA) is 55.1 Å². The Kier molecular flexibility index (Phi) is 9.13. The minimum atomic E-state index is -0.0249. The van der Waals surface area contributed by atoms with Crippen molar-refractivity contribution in [1.82, 2.24) is 5.32 Å². The maximum atomic E-state index is 12.6. The van der Waals surface area contributed by atoms with Gasteiger partial charge in [0, 0.05) is 18.2 Å². The highest BCUT2D eigenvalue weighted by Gasteiger charge is 2.15. The van der Waals surface area contributed by atoms with E-state index in [1.807, 2.05) is 42.5 Å². The van der Waals surface area contributed by atoms with Crippen molar-refractivity contribution in [3.05, 3.63) is 71.3 Å². The van der Waals surface area contributed by atoms with E-state index in [0.717, 1.165) is 36.8 Å². The maximum Gasteiger partial charge on any atom is 0.251 e. The lowest BCUT2D eigenvalue weighted by molar-refractivity contribution is 0.0935. The van der Waals surface area contributed by atoms with E-state index in [1.165, 1.54) is 5.56 Å². The quantitative estimate of drug-likeness (QED) is 0.760. The molecule has 130 valence electrons. The summed E-state index contributed by atoms with van der Waals surface area (Å²) in [5.74, 6) is -0.0249. The highest BCUT2D eigenvalue weighted by atomic mass is 35.5. The molecule has 0 fully saturated rings. The molecule has 0 radical (unpaired) electrons. The van der Waals surface area contributed by atoms with Crippen molar-refractivity contribution < 1.29 is 4.79 Å². The van der Waals surface area contributed by atoms with Gasteiger partial charge in [0.25, 0.3) is 5.91 Å². The molecule has 0 aliphatic rings. The number of benzene rings is 2. The Bertz CT molecular complexity index is 616. The second-order valence-electron chi connectivity index (χ2n) is 5.87. The summed E-state index contributed by atoms with van der Waals surface area (Å²) in [6, 6.07) is 18.1. The van der Waals surface area contributed by atoms with Crippen LogP contribution in [0.4, 0.5) is 0 Å². The van der Waals surface area contributed by atoms with Crippen molar-refractivity contribution in [2.75, 3.05) is 6.54 Å². The van der Waals surface area contributed by atoms with Crippen molar-refractivity contribution in [1.29, 1.82) is 0 Å². The zero-order chi connectivity index (χ0) is 16.5. The van der Waals surface area contributed by atoms with Crippen molar-refractivity contribution in [2.24, 2.45) is 5.73 Å². The van der Waals surface area contributed by atoms with Crippen LogP contribution in [0.2, 0.25) is 0 Å². The first-order chi connectivity index (χ1) is 11.2. The van der Waals surface area contributed by atoms with E-state index in [9.17, 15) is 4.79 Å². The van der Waals surface area contributed by atoms with E-state index in [0.29, 0.717) is 6.54 Å². The molecular weight excluding hydrogens is 320 g/mol. The number of nitrogens with one attached hydrogen (secondary N) is 1. The van der Waals surface area contributed by atoms with Crippen molar-refractivity contribution in [2.45, 2.75) is 38.6 Å². The van der Waals surface area contributed by atoms with Gasteiger partial charge in [0.05, 0.1) is 0 Å². The number of halogens is 1. The van der Waals surface area contributed by atoms with Gasteiger partial charge in [0.2, 0.25) is 0 Å². The molecule has 24 heavy (non-hydrogen) atoms. The summed E-state index contributed by atoms with van der Waals surface area (Å²) in [7, 11) is 0. The Hall–Kier alpha value is -1.84. The predicted molar refractivity (Wildman–Crippen MR) is 103 cm³/mol. The fourth-order valence-electron chi connectivity index (χ4n) is 2.67. The molecule has 1 atom stereocenters. The molecule has 3 N–H and O–H groups in total. The molecule has 0 aromatic heterocycles. The molecule has 0 aliphatic heterocycles. The van der Waals surface area contributed by atoms with Crippen LogP contribution in [0.5, 0.6) is 0 Å². The Labute approximate surface area is 151 Å². The summed E-state index contributed by atoms with van der Waals surface area (Å²) in [5.41, 5.74) is 8.78. The van der Waals surface area contributed by atoms with Crippen LogP contribution in [0.3, 0.4) is 0 Å². The molecule has 0 heterocycles. The number of hydrogen-bond donors (Lipinski definition) is 2. The third-order valence-corrected chi connectivity index (χ3v) is 4.03. The SMILES string of the molecule is CCCCC(CN)NC(=O)c1ccccc1Cc1ccccc1.Cl. The molecule has 3 nitrogen and oxygen atoms in total. The second kappa shape index (κ2) is 10.8. The minimum Gasteiger partial charge on any atom is -0.348 e. The van der Waals surface area contributed by atoms with Gasteiger partial charge in [0.1, 0.15) is 0 Å². The summed E-state index contributed by atoms with van der Waals surface area (Å²) in [6.07, 6.45) is 3.87. The number of hydrogen-bond acceptors (Lipinski definition) is 2. The largest absolute Gasteiger partial charge is 0.348 e. The average molecular weight is 347 g/mol. The molecule has 0 saturated heterocycles. The smallest absolute Gasteiger partial charge is 0.251 e. The van der Waals surface area contributed by atoms with Crippen LogP contribution in [-0.4, -0.2) is 18.5 Å². The highest BCUT2D eigenvalue weighted by Crippen LogP contribution is 2.15. The number of nitrogens with two attached hydrogens (primary N) is 1. The van der Waals surface area contributed by atoms with E-state index >= 15 is 0 Å². The molecule has 1 unspecified atom stereocenters. The van der Waals surface area contributed by atoms with E-state index in [2.05, 4.69) is 24.4 Å². The average Bonchev–Trinajstić information content (AvgIpc) is 2.59. The van der Waals surface area contributed by atoms with E-state index in [1.54, 1.807) is 0 Å². The van der Waals surface area contributed by atoms with Gasteiger partial charge in [-0.1, -0.05) is 68.3 Å². The number of rotatable bonds is 8. The van der Waals surface area contributed by atoms with Crippen molar-refractivity contribution in [3.63, 3.8) is 0 Å². The van der Waals surface area contributed by atoms with Gasteiger partial charge < -0.3 is 11.1 Å². The van der Waals surface area contributed by atoms with Crippen LogP contribution in [0.1, 0.15) is 47.7 Å². The Morgan fingerprint density at radius 1 is 1.08 bits per heavy atom. The number of amides is 1. The maximum absolute atomic E-state index is 12.6. The van der Waals surface area contributed by atoms with E-state index in [4.69, 9.17) is 5.73 Å². The second-order valence-corrected chi connectivity index (χ2v) is 5.87. The van der Waals surface area contributed by atoms with Crippen LogP contribution in [0.25, 0.3) is 0 Å². The molecule has 0 saturated carbocycles. The summed E-state index contributed by atoms with van der Waals surface area (Å²) in [6.45, 7) is 2.62. The van der Waals surface area contributed by atoms with Crippen LogP contribution in [0, 0.1) is 0 Å². The first kappa shape index (κ1) is 20.2. The number of carbonyl (C=O) groups excluding carboxylic acids is 1. The number of unbranched alkanes of at least 4 members (excludes halogenated alkanes) is 1. The molecule has 0 spiro atoms. The lowest BCUT2D eigenvalue weighted by Crippen LogP contribution is -2.40. The van der Waals surface area contributed by atoms with Crippen LogP contribution < -0.4 is 11.1 Å². The summed E-state index contributed by atoms with van der Waals surface area (Å²) in [4.78, 5) is 12.6. The van der Waals surface area contributed by atoms with E-state index in [-0.39, 0.29) is 24.4 Å². The van der Waals surface area contributed by atoms with Gasteiger partial charge in [-0.2, -0.15) is 0 Å². The first-order valence-electron chi connectivity index (χ1n) is 8.37. The first-order valence-corrected chi connectivity index (χ1v) is 8.37. The van der Waals surface area contributed by atoms with Gasteiger partial charge in [-0.3, -0.25) is 4.79 Å². The van der Waals surface area contributed by atoms with Gasteiger partial charge in [-0.05, 0) is 30.0 Å².